The molecule has 0 aliphatic rings. The van der Waals surface area contributed by atoms with Gasteiger partial charge in [-0.1, -0.05) is 36.4 Å². The van der Waals surface area contributed by atoms with Crippen LogP contribution in [0.3, 0.4) is 0 Å². The van der Waals surface area contributed by atoms with Crippen LogP contribution in [-0.4, -0.2) is 83.9 Å². The first kappa shape index (κ1) is 44.4. The van der Waals surface area contributed by atoms with Gasteiger partial charge in [-0.05, 0) is 83.0 Å². The van der Waals surface area contributed by atoms with Crippen LogP contribution in [0.4, 0.5) is 46.0 Å². The van der Waals surface area contributed by atoms with Crippen molar-refractivity contribution in [1.82, 2.24) is 15.0 Å². The smallest absolute Gasteiger partial charge is 0.233 e. The van der Waals surface area contributed by atoms with Crippen LogP contribution in [0, 0.1) is 0 Å². The molecule has 7 aromatic rings. The van der Waals surface area contributed by atoms with Crippen molar-refractivity contribution in [3.63, 3.8) is 0 Å². The third-order valence-corrected chi connectivity index (χ3v) is 13.6. The molecule has 63 heavy (non-hydrogen) atoms. The summed E-state index contributed by atoms with van der Waals surface area (Å²) in [7, 11) is -16.2. The lowest BCUT2D eigenvalue weighted by Crippen LogP contribution is -2.07. The number of fused-ring (bicyclic) bond motifs is 2. The quantitative estimate of drug-likeness (QED) is 0.0840. The molecule has 0 amide bonds. The Morgan fingerprint density at radius 2 is 0.857 bits per heavy atom. The Labute approximate surface area is 365 Å². The molecule has 0 atom stereocenters. The second kappa shape index (κ2) is 16.6. The zero-order valence-corrected chi connectivity index (χ0v) is 37.1. The lowest BCUT2D eigenvalue weighted by molar-refractivity contribution is 0.480. The highest BCUT2D eigenvalue weighted by Crippen LogP contribution is 2.47. The van der Waals surface area contributed by atoms with Crippen LogP contribution < -0.4 is 10.6 Å². The van der Waals surface area contributed by atoms with Crippen LogP contribution in [0.25, 0.3) is 21.5 Å². The molecule has 0 bridgehead atoms. The number of phenolic OH excluding ortho intramolecular Hbond substituents is 2. The number of nitrogens with one attached hydrogen (secondary N) is 2. The van der Waals surface area contributed by atoms with Gasteiger partial charge in [0.05, 0.1) is 42.3 Å². The zero-order valence-electron chi connectivity index (χ0n) is 33.0. The number of azo groups is 2. The van der Waals surface area contributed by atoms with E-state index in [1.807, 2.05) is 0 Å². The second-order valence-electron chi connectivity index (χ2n) is 13.9. The number of phenols is 2. The summed E-state index contributed by atoms with van der Waals surface area (Å²) in [6, 6.07) is 23.3. The predicted molar refractivity (Wildman–Crippen MR) is 236 cm³/mol. The minimum Gasteiger partial charge on any atom is -0.505 e. The van der Waals surface area contributed by atoms with Crippen LogP contribution in [0.5, 0.6) is 11.5 Å². The zero-order chi connectivity index (χ0) is 45.6. The number of rotatable bonds is 12. The average Bonchev–Trinajstić information content (AvgIpc) is 3.18. The first-order valence-electron chi connectivity index (χ1n) is 17.8. The van der Waals surface area contributed by atoms with E-state index >= 15 is 0 Å². The van der Waals surface area contributed by atoms with E-state index in [9.17, 15) is 43.9 Å². The third-order valence-electron chi connectivity index (χ3n) is 9.05. The summed E-state index contributed by atoms with van der Waals surface area (Å²) in [6.45, 7) is 0. The molecule has 0 spiro atoms. The van der Waals surface area contributed by atoms with Gasteiger partial charge in [0.15, 0.2) is 50.8 Å². The average molecular weight is 950 g/mol. The normalized spacial score (nSPS) is 12.7. The van der Waals surface area contributed by atoms with Crippen molar-refractivity contribution in [3.05, 3.63) is 102 Å². The Bertz CT molecular complexity index is 3310. The second-order valence-corrected chi connectivity index (χ2v) is 22.3. The van der Waals surface area contributed by atoms with Crippen molar-refractivity contribution >= 4 is 119 Å². The number of hydrogen-bond donors (Lipinski definition) is 4. The van der Waals surface area contributed by atoms with E-state index in [1.165, 1.54) is 0 Å². The van der Waals surface area contributed by atoms with Crippen molar-refractivity contribution in [1.29, 1.82) is 0 Å². The Hall–Kier alpha value is -6.66. The number of aromatic nitrogens is 3. The van der Waals surface area contributed by atoms with Crippen LogP contribution in [0.2, 0.25) is 5.28 Å². The highest BCUT2D eigenvalue weighted by Gasteiger charge is 2.27. The third kappa shape index (κ3) is 9.71. The molecule has 0 saturated carbocycles. The Kier molecular flexibility index (Phi) is 11.7. The van der Waals surface area contributed by atoms with E-state index < -0.39 is 77.3 Å². The molecular formula is C39H32ClN9O10S4. The van der Waals surface area contributed by atoms with Gasteiger partial charge in [0, 0.05) is 35.8 Å². The number of sulfone groups is 4. The van der Waals surface area contributed by atoms with Crippen LogP contribution in [0.15, 0.2) is 137 Å². The first-order chi connectivity index (χ1) is 29.5. The van der Waals surface area contributed by atoms with Gasteiger partial charge in [-0.25, -0.2) is 33.7 Å². The fraction of sp³-hybridized carbons (Fsp3) is 0.103. The molecule has 1 heterocycles. The molecule has 0 fully saturated rings. The number of anilines is 4. The van der Waals surface area contributed by atoms with Crippen LogP contribution in [0.1, 0.15) is 0 Å². The van der Waals surface area contributed by atoms with Crippen molar-refractivity contribution in [3.8, 4) is 11.5 Å². The van der Waals surface area contributed by atoms with Gasteiger partial charge < -0.3 is 20.8 Å². The molecular weight excluding hydrogens is 918 g/mol. The topological polar surface area (TPSA) is 289 Å². The molecule has 0 saturated heterocycles. The standard InChI is InChI=1S/C39H32ClN9O10S4/c1-60(52,53)25-15-21-17-29(62(3,56)57)33(48-46-23-11-7-5-8-12-23)35(50)31(21)27(19-25)41-38-43-37(40)44-39(45-38)42-28-20-26(61(2,54)55)16-22-18-30(63(4,58)59)34(36(51)32(22)28)49-47-24-13-9-6-10-14-24/h5-20,50-51H,1-4H3,(H2,41,42,43,44,45). The van der Waals surface area contributed by atoms with E-state index in [2.05, 4.69) is 46.0 Å². The van der Waals surface area contributed by atoms with E-state index in [0.29, 0.717) is 11.4 Å². The molecule has 4 N–H and O–H groups in total. The molecule has 0 aliphatic heterocycles. The summed E-state index contributed by atoms with van der Waals surface area (Å²) >= 11 is 6.36. The maximum Gasteiger partial charge on any atom is 0.233 e. The van der Waals surface area contributed by atoms with Crippen LogP contribution >= 0.6 is 11.6 Å². The minimum atomic E-state index is -4.11. The fourth-order valence-corrected chi connectivity index (χ4v) is 9.38. The van der Waals surface area contributed by atoms with Crippen molar-refractivity contribution < 1.29 is 43.9 Å². The van der Waals surface area contributed by atoms with Crippen molar-refractivity contribution in [2.75, 3.05) is 35.7 Å². The minimum absolute atomic E-state index is 0.0521. The van der Waals surface area contributed by atoms with Gasteiger partial charge in [0.25, 0.3) is 0 Å². The molecule has 0 unspecified atom stereocenters. The van der Waals surface area contributed by atoms with Crippen molar-refractivity contribution in [2.24, 2.45) is 20.5 Å². The van der Waals surface area contributed by atoms with Gasteiger partial charge in [0.2, 0.25) is 17.2 Å². The molecule has 19 nitrogen and oxygen atoms in total. The first-order valence-corrected chi connectivity index (χ1v) is 25.8. The largest absolute Gasteiger partial charge is 0.505 e. The van der Waals surface area contributed by atoms with E-state index in [0.717, 1.165) is 61.4 Å². The molecule has 324 valence electrons. The monoisotopic (exact) mass is 949 g/mol. The number of benzene rings is 6. The lowest BCUT2D eigenvalue weighted by atomic mass is 10.1. The lowest BCUT2D eigenvalue weighted by Gasteiger charge is -2.17. The van der Waals surface area contributed by atoms with Gasteiger partial charge in [-0.3, -0.25) is 0 Å². The summed E-state index contributed by atoms with van der Waals surface area (Å²) in [6.07, 6.45) is 3.59. The Morgan fingerprint density at radius 1 is 0.492 bits per heavy atom. The number of aromatic hydroxyl groups is 2. The number of halogens is 1. The van der Waals surface area contributed by atoms with Crippen molar-refractivity contribution in [2.45, 2.75) is 19.6 Å². The van der Waals surface area contributed by atoms with Gasteiger partial charge in [-0.2, -0.15) is 25.2 Å². The maximum absolute atomic E-state index is 13.0. The molecule has 0 radical (unpaired) electrons. The highest BCUT2D eigenvalue weighted by atomic mass is 35.5. The fourth-order valence-electron chi connectivity index (χ4n) is 6.21. The summed E-state index contributed by atoms with van der Waals surface area (Å²) in [5, 5.41) is 44.5. The van der Waals surface area contributed by atoms with E-state index in [-0.39, 0.29) is 54.6 Å². The Balaban J connectivity index is 1.40. The summed E-state index contributed by atoms with van der Waals surface area (Å²) < 4.78 is 104. The molecule has 24 heteroatoms. The van der Waals surface area contributed by atoms with Crippen LogP contribution in [-0.2, 0) is 39.3 Å². The Morgan fingerprint density at radius 3 is 1.19 bits per heavy atom. The van der Waals surface area contributed by atoms with E-state index in [1.54, 1.807) is 60.7 Å². The highest BCUT2D eigenvalue weighted by molar-refractivity contribution is 7.91. The summed E-state index contributed by atoms with van der Waals surface area (Å²) in [5.74, 6) is -2.18. The number of hydrogen-bond acceptors (Lipinski definition) is 19. The molecule has 6 aromatic carbocycles. The van der Waals surface area contributed by atoms with Gasteiger partial charge in [-0.15, -0.1) is 10.2 Å². The van der Waals surface area contributed by atoms with Gasteiger partial charge >= 0.3 is 0 Å². The predicted octanol–water partition coefficient (Wildman–Crippen LogP) is 8.17. The number of nitrogens with zero attached hydrogens (tertiary/aromatic N) is 7. The SMILES string of the molecule is CS(=O)(=O)c1cc(Nc2nc(Cl)nc(Nc3cc(S(C)(=O)=O)cc4cc(S(C)(=O)=O)c(N=Nc5ccccc5)c(O)c34)n2)c2c(O)c(N=Nc3ccccc3)c(S(C)(=O)=O)cc2c1. The molecule has 0 aliphatic carbocycles. The summed E-state index contributed by atoms with van der Waals surface area (Å²) in [4.78, 5) is 11.0. The summed E-state index contributed by atoms with van der Waals surface area (Å²) in [5.41, 5.74) is -0.598. The molecule has 1 aromatic heterocycles. The maximum atomic E-state index is 13.0. The van der Waals surface area contributed by atoms with Gasteiger partial charge in [0.1, 0.15) is 11.4 Å². The van der Waals surface area contributed by atoms with E-state index in [4.69, 9.17) is 11.6 Å². The molecule has 7 rings (SSSR count).